The average molecular weight is 375 g/mol. The zero-order chi connectivity index (χ0) is 19.7. The Morgan fingerprint density at radius 2 is 1.79 bits per heavy atom. The maximum absolute atomic E-state index is 11.8. The van der Waals surface area contributed by atoms with Crippen molar-refractivity contribution in [2.24, 2.45) is 0 Å². The lowest BCUT2D eigenvalue weighted by Gasteiger charge is -2.10. The third kappa shape index (κ3) is 3.16. The average Bonchev–Trinajstić information content (AvgIpc) is 3.12. The van der Waals surface area contributed by atoms with E-state index in [4.69, 9.17) is 4.74 Å². The number of aromatic nitrogens is 4. The summed E-state index contributed by atoms with van der Waals surface area (Å²) in [7, 11) is 0. The number of benzene rings is 2. The second-order valence-corrected chi connectivity index (χ2v) is 6.54. The van der Waals surface area contributed by atoms with E-state index in [0.717, 1.165) is 5.56 Å². The van der Waals surface area contributed by atoms with Crippen LogP contribution in [-0.2, 0) is 0 Å². The fourth-order valence-corrected chi connectivity index (χ4v) is 2.93. The highest BCUT2D eigenvalue weighted by Gasteiger charge is 2.27. The van der Waals surface area contributed by atoms with Gasteiger partial charge in [0.25, 0.3) is 0 Å². The molecule has 8 heteroatoms. The van der Waals surface area contributed by atoms with Gasteiger partial charge in [-0.3, -0.25) is 14.7 Å². The molecule has 0 aliphatic heterocycles. The Labute approximate surface area is 160 Å². The van der Waals surface area contributed by atoms with Crippen LogP contribution in [0.15, 0.2) is 61.2 Å². The van der Waals surface area contributed by atoms with Crippen LogP contribution in [0.4, 0.5) is 5.69 Å². The first-order chi connectivity index (χ1) is 13.5. The smallest absolute Gasteiger partial charge is 0.374 e. The molecule has 4 aromatic rings. The topological polar surface area (TPSA) is 96.0 Å². The van der Waals surface area contributed by atoms with Gasteiger partial charge in [-0.15, -0.1) is 0 Å². The summed E-state index contributed by atoms with van der Waals surface area (Å²) in [6.45, 7) is 4.18. The molecule has 0 aliphatic carbocycles. The molecule has 0 amide bonds. The molecule has 2 aromatic heterocycles. The van der Waals surface area contributed by atoms with E-state index >= 15 is 0 Å². The molecule has 28 heavy (non-hydrogen) atoms. The van der Waals surface area contributed by atoms with Crippen molar-refractivity contribution >= 4 is 16.7 Å². The lowest BCUT2D eigenvalue weighted by Crippen LogP contribution is -2.05. The Hall–Kier alpha value is -3.81. The predicted molar refractivity (Wildman–Crippen MR) is 104 cm³/mol. The van der Waals surface area contributed by atoms with Gasteiger partial charge in [0.05, 0.1) is 16.0 Å². The summed E-state index contributed by atoms with van der Waals surface area (Å²) >= 11 is 0. The van der Waals surface area contributed by atoms with Gasteiger partial charge >= 0.3 is 11.6 Å². The molecule has 0 unspecified atom stereocenters. The molecular formula is C20H17N5O3. The molecule has 0 N–H and O–H groups in total. The van der Waals surface area contributed by atoms with Gasteiger partial charge in [-0.05, 0) is 35.7 Å². The van der Waals surface area contributed by atoms with E-state index in [2.05, 4.69) is 28.8 Å². The summed E-state index contributed by atoms with van der Waals surface area (Å²) in [6, 6.07) is 14.7. The molecule has 0 saturated carbocycles. The lowest BCUT2D eigenvalue weighted by molar-refractivity contribution is -0.386. The first kappa shape index (κ1) is 17.6. The van der Waals surface area contributed by atoms with E-state index < -0.39 is 4.92 Å². The molecule has 2 aromatic carbocycles. The van der Waals surface area contributed by atoms with Crippen molar-refractivity contribution in [1.29, 1.82) is 0 Å². The zero-order valence-electron chi connectivity index (χ0n) is 15.3. The van der Waals surface area contributed by atoms with Crippen molar-refractivity contribution in [3.63, 3.8) is 0 Å². The zero-order valence-corrected chi connectivity index (χ0v) is 15.3. The van der Waals surface area contributed by atoms with E-state index in [1.807, 2.05) is 36.4 Å². The number of hydrogen-bond donors (Lipinski definition) is 0. The van der Waals surface area contributed by atoms with Crippen LogP contribution in [0.25, 0.3) is 16.9 Å². The molecule has 0 bridgehead atoms. The molecule has 0 atom stereocenters. The highest BCUT2D eigenvalue weighted by atomic mass is 16.6. The van der Waals surface area contributed by atoms with Crippen LogP contribution in [0.1, 0.15) is 25.3 Å². The SMILES string of the molecule is CC(C)c1ccc(Oc2ncnc(-n3cnc4ccccc43)c2[N+](=O)[O-])cc1. The molecule has 0 aliphatic rings. The molecule has 0 saturated heterocycles. The molecular weight excluding hydrogens is 358 g/mol. The number of para-hydroxylation sites is 2. The first-order valence-corrected chi connectivity index (χ1v) is 8.74. The van der Waals surface area contributed by atoms with Gasteiger partial charge in [0.2, 0.25) is 5.82 Å². The molecule has 0 spiro atoms. The monoisotopic (exact) mass is 375 g/mol. The van der Waals surface area contributed by atoms with Crippen LogP contribution in [-0.4, -0.2) is 24.4 Å². The minimum atomic E-state index is -0.540. The Morgan fingerprint density at radius 1 is 1.04 bits per heavy atom. The highest BCUT2D eigenvalue weighted by Crippen LogP contribution is 2.34. The third-order valence-electron chi connectivity index (χ3n) is 4.40. The van der Waals surface area contributed by atoms with Crippen LogP contribution in [0.3, 0.4) is 0 Å². The third-order valence-corrected chi connectivity index (χ3v) is 4.40. The minimum Gasteiger partial charge on any atom is -0.434 e. The molecule has 8 nitrogen and oxygen atoms in total. The van der Waals surface area contributed by atoms with Gasteiger partial charge in [-0.2, -0.15) is 4.98 Å². The van der Waals surface area contributed by atoms with Crippen molar-refractivity contribution in [3.05, 3.63) is 76.9 Å². The second-order valence-electron chi connectivity index (χ2n) is 6.54. The maximum Gasteiger partial charge on any atom is 0.374 e. The number of rotatable bonds is 5. The summed E-state index contributed by atoms with van der Waals surface area (Å²) in [5.74, 6) is 0.823. The van der Waals surface area contributed by atoms with Crippen LogP contribution < -0.4 is 4.74 Å². The standard InChI is InChI=1S/C20H17N5O3/c1-13(2)14-7-9-15(10-8-14)28-20-18(25(26)27)19(21-11-22-20)24-12-23-16-5-3-4-6-17(16)24/h3-13H,1-2H3. The van der Waals surface area contributed by atoms with E-state index in [0.29, 0.717) is 22.7 Å². The Balaban J connectivity index is 1.79. The summed E-state index contributed by atoms with van der Waals surface area (Å²) < 4.78 is 7.29. The Kier molecular flexibility index (Phi) is 4.44. The number of ether oxygens (including phenoxy) is 1. The summed E-state index contributed by atoms with van der Waals surface area (Å²) in [4.78, 5) is 23.7. The van der Waals surface area contributed by atoms with Crippen molar-refractivity contribution in [2.75, 3.05) is 0 Å². The molecule has 4 rings (SSSR count). The van der Waals surface area contributed by atoms with Gasteiger partial charge < -0.3 is 4.74 Å². The van der Waals surface area contributed by atoms with Crippen LogP contribution in [0.5, 0.6) is 11.6 Å². The Bertz CT molecular complexity index is 1150. The first-order valence-electron chi connectivity index (χ1n) is 8.74. The molecule has 2 heterocycles. The normalized spacial score (nSPS) is 11.1. The maximum atomic E-state index is 11.8. The summed E-state index contributed by atoms with van der Waals surface area (Å²) in [5, 5.41) is 11.8. The fourth-order valence-electron chi connectivity index (χ4n) is 2.93. The van der Waals surface area contributed by atoms with E-state index in [1.165, 1.54) is 12.7 Å². The van der Waals surface area contributed by atoms with Crippen molar-refractivity contribution < 1.29 is 9.66 Å². The molecule has 140 valence electrons. The van der Waals surface area contributed by atoms with Crippen molar-refractivity contribution in [2.45, 2.75) is 19.8 Å². The van der Waals surface area contributed by atoms with E-state index in [1.54, 1.807) is 16.7 Å². The number of nitrogens with zero attached hydrogens (tertiary/aromatic N) is 5. The summed E-state index contributed by atoms with van der Waals surface area (Å²) in [6.07, 6.45) is 2.75. The van der Waals surface area contributed by atoms with Gasteiger partial charge in [0.15, 0.2) is 0 Å². The van der Waals surface area contributed by atoms with Crippen molar-refractivity contribution in [1.82, 2.24) is 19.5 Å². The number of nitro groups is 1. The number of hydrogen-bond acceptors (Lipinski definition) is 6. The fraction of sp³-hybridized carbons (Fsp3) is 0.150. The van der Waals surface area contributed by atoms with Gasteiger partial charge in [-0.1, -0.05) is 38.1 Å². The summed E-state index contributed by atoms with van der Waals surface area (Å²) in [5.41, 5.74) is 2.24. The number of fused-ring (bicyclic) bond motifs is 1. The van der Waals surface area contributed by atoms with Crippen LogP contribution in [0.2, 0.25) is 0 Å². The second kappa shape index (κ2) is 7.07. The van der Waals surface area contributed by atoms with Crippen molar-refractivity contribution in [3.8, 4) is 17.4 Å². The van der Waals surface area contributed by atoms with Gasteiger partial charge in [-0.25, -0.2) is 9.97 Å². The quantitative estimate of drug-likeness (QED) is 0.372. The highest BCUT2D eigenvalue weighted by molar-refractivity contribution is 5.78. The van der Waals surface area contributed by atoms with Crippen LogP contribution in [0, 0.1) is 10.1 Å². The largest absolute Gasteiger partial charge is 0.434 e. The molecule has 0 fully saturated rings. The van der Waals surface area contributed by atoms with E-state index in [-0.39, 0.29) is 17.4 Å². The van der Waals surface area contributed by atoms with Crippen LogP contribution >= 0.6 is 0 Å². The van der Waals surface area contributed by atoms with Gasteiger partial charge in [0, 0.05) is 0 Å². The minimum absolute atomic E-state index is 0.0995. The van der Waals surface area contributed by atoms with E-state index in [9.17, 15) is 10.1 Å². The predicted octanol–water partition coefficient (Wildman–Crippen LogP) is 4.64. The Morgan fingerprint density at radius 3 is 2.50 bits per heavy atom. The lowest BCUT2D eigenvalue weighted by atomic mass is 10.0. The number of imidazole rings is 1. The molecule has 0 radical (unpaired) electrons. The van der Waals surface area contributed by atoms with Gasteiger partial charge in [0.1, 0.15) is 18.4 Å².